The van der Waals surface area contributed by atoms with Gasteiger partial charge in [0, 0.05) is 40.8 Å². The van der Waals surface area contributed by atoms with Crippen molar-refractivity contribution in [3.63, 3.8) is 0 Å². The first-order valence-corrected chi connectivity index (χ1v) is 9.26. The summed E-state index contributed by atoms with van der Waals surface area (Å²) in [4.78, 5) is 16.2. The number of amides is 1. The van der Waals surface area contributed by atoms with E-state index in [1.807, 2.05) is 20.8 Å². The van der Waals surface area contributed by atoms with Crippen molar-refractivity contribution in [3.8, 4) is 0 Å². The first kappa shape index (κ1) is 18.0. The van der Waals surface area contributed by atoms with Crippen molar-refractivity contribution in [3.05, 3.63) is 31.8 Å². The van der Waals surface area contributed by atoms with Gasteiger partial charge in [-0.3, -0.25) is 4.90 Å². The average molecular weight is 481 g/mol. The number of carbonyl (C=O) groups is 1. The van der Waals surface area contributed by atoms with Crippen LogP contribution in [0.15, 0.2) is 22.7 Å². The van der Waals surface area contributed by atoms with Gasteiger partial charge in [0.1, 0.15) is 5.60 Å². The van der Waals surface area contributed by atoms with Gasteiger partial charge in [-0.2, -0.15) is 0 Å². The second-order valence-corrected chi connectivity index (χ2v) is 8.58. The molecule has 0 bridgehead atoms. The normalized spacial score (nSPS) is 16.7. The Morgan fingerprint density at radius 2 is 1.91 bits per heavy atom. The van der Waals surface area contributed by atoms with Crippen LogP contribution in [0.1, 0.15) is 26.3 Å². The highest BCUT2D eigenvalue weighted by atomic mass is 127. The molecule has 0 aliphatic carbocycles. The number of piperazine rings is 1. The van der Waals surface area contributed by atoms with E-state index in [4.69, 9.17) is 4.74 Å². The van der Waals surface area contributed by atoms with Gasteiger partial charge in [-0.25, -0.2) is 4.79 Å². The molecular formula is C16H22BrIN2O2. The molecule has 0 atom stereocenters. The molecule has 22 heavy (non-hydrogen) atoms. The van der Waals surface area contributed by atoms with E-state index in [1.54, 1.807) is 4.90 Å². The second-order valence-electron chi connectivity index (χ2n) is 6.48. The third kappa shape index (κ3) is 5.38. The van der Waals surface area contributed by atoms with Gasteiger partial charge in [-0.05, 0) is 67.1 Å². The molecule has 1 aromatic rings. The lowest BCUT2D eigenvalue weighted by Gasteiger charge is -2.35. The predicted molar refractivity (Wildman–Crippen MR) is 99.9 cm³/mol. The molecule has 1 saturated heterocycles. The van der Waals surface area contributed by atoms with E-state index in [0.29, 0.717) is 0 Å². The third-order valence-corrected chi connectivity index (χ3v) is 4.87. The molecule has 0 N–H and O–H groups in total. The van der Waals surface area contributed by atoms with Crippen LogP contribution >= 0.6 is 38.5 Å². The smallest absolute Gasteiger partial charge is 0.410 e. The third-order valence-electron chi connectivity index (χ3n) is 3.43. The lowest BCUT2D eigenvalue weighted by molar-refractivity contribution is 0.0139. The molecule has 0 saturated carbocycles. The largest absolute Gasteiger partial charge is 0.444 e. The molecule has 1 aliphatic heterocycles. The quantitative estimate of drug-likeness (QED) is 0.597. The van der Waals surface area contributed by atoms with E-state index in [0.717, 1.165) is 37.2 Å². The van der Waals surface area contributed by atoms with E-state index in [9.17, 15) is 4.79 Å². The topological polar surface area (TPSA) is 32.8 Å². The van der Waals surface area contributed by atoms with Crippen molar-refractivity contribution in [2.75, 3.05) is 26.2 Å². The van der Waals surface area contributed by atoms with Gasteiger partial charge in [0.05, 0.1) is 0 Å². The zero-order valence-electron chi connectivity index (χ0n) is 13.2. The monoisotopic (exact) mass is 480 g/mol. The maximum atomic E-state index is 12.1. The van der Waals surface area contributed by atoms with Crippen LogP contribution in [0, 0.1) is 3.57 Å². The molecule has 0 aromatic heterocycles. The van der Waals surface area contributed by atoms with Gasteiger partial charge in [0.15, 0.2) is 0 Å². The summed E-state index contributed by atoms with van der Waals surface area (Å²) >= 11 is 5.94. The SMILES string of the molecule is CC(C)(C)OC(=O)N1CCN(Cc2cc(I)ccc2Br)CC1. The lowest BCUT2D eigenvalue weighted by Crippen LogP contribution is -2.49. The molecule has 1 heterocycles. The summed E-state index contributed by atoms with van der Waals surface area (Å²) < 4.78 is 7.81. The van der Waals surface area contributed by atoms with Crippen molar-refractivity contribution in [1.82, 2.24) is 9.80 Å². The Labute approximate surface area is 154 Å². The van der Waals surface area contributed by atoms with E-state index < -0.39 is 5.60 Å². The Bertz CT molecular complexity index is 537. The van der Waals surface area contributed by atoms with Crippen LogP contribution in [-0.4, -0.2) is 47.7 Å². The van der Waals surface area contributed by atoms with Crippen molar-refractivity contribution in [1.29, 1.82) is 0 Å². The summed E-state index contributed by atoms with van der Waals surface area (Å²) in [5.74, 6) is 0. The summed E-state index contributed by atoms with van der Waals surface area (Å²) in [7, 11) is 0. The predicted octanol–water partition coefficient (Wildman–Crippen LogP) is 4.11. The number of benzene rings is 1. The van der Waals surface area contributed by atoms with Crippen molar-refractivity contribution < 1.29 is 9.53 Å². The maximum absolute atomic E-state index is 12.1. The van der Waals surface area contributed by atoms with Gasteiger partial charge in [-0.1, -0.05) is 15.9 Å². The van der Waals surface area contributed by atoms with E-state index in [-0.39, 0.29) is 6.09 Å². The van der Waals surface area contributed by atoms with Crippen molar-refractivity contribution in [2.45, 2.75) is 32.9 Å². The summed E-state index contributed by atoms with van der Waals surface area (Å²) in [5, 5.41) is 0. The minimum atomic E-state index is -0.431. The molecule has 4 nitrogen and oxygen atoms in total. The molecule has 122 valence electrons. The van der Waals surface area contributed by atoms with Gasteiger partial charge in [0.25, 0.3) is 0 Å². The van der Waals surface area contributed by atoms with Gasteiger partial charge < -0.3 is 9.64 Å². The van der Waals surface area contributed by atoms with Crippen LogP contribution in [0.4, 0.5) is 4.79 Å². The fourth-order valence-electron chi connectivity index (χ4n) is 2.32. The van der Waals surface area contributed by atoms with Crippen molar-refractivity contribution in [2.24, 2.45) is 0 Å². The highest BCUT2D eigenvalue weighted by molar-refractivity contribution is 14.1. The maximum Gasteiger partial charge on any atom is 0.410 e. The van der Waals surface area contributed by atoms with Gasteiger partial charge in [-0.15, -0.1) is 0 Å². The summed E-state index contributed by atoms with van der Waals surface area (Å²) in [6.45, 7) is 9.78. The Morgan fingerprint density at radius 1 is 1.27 bits per heavy atom. The zero-order valence-corrected chi connectivity index (χ0v) is 17.0. The Balaban J connectivity index is 1.87. The highest BCUT2D eigenvalue weighted by Gasteiger charge is 2.25. The average Bonchev–Trinajstić information content (AvgIpc) is 2.42. The number of hydrogen-bond acceptors (Lipinski definition) is 3. The molecule has 1 amide bonds. The Morgan fingerprint density at radius 3 is 2.50 bits per heavy atom. The Hall–Kier alpha value is -0.340. The standard InChI is InChI=1S/C16H22BrIN2O2/c1-16(2,3)22-15(21)20-8-6-19(7-9-20)11-12-10-13(18)4-5-14(12)17/h4-5,10H,6-9,11H2,1-3H3. The number of nitrogens with zero attached hydrogens (tertiary/aromatic N) is 2. The summed E-state index contributed by atoms with van der Waals surface area (Å²) in [6, 6.07) is 6.38. The second kappa shape index (κ2) is 7.49. The zero-order chi connectivity index (χ0) is 16.3. The minimum absolute atomic E-state index is 0.206. The molecule has 0 unspecified atom stereocenters. The Kier molecular flexibility index (Phi) is 6.13. The van der Waals surface area contributed by atoms with Crippen LogP contribution < -0.4 is 0 Å². The molecule has 1 fully saturated rings. The molecule has 1 aliphatic rings. The number of hydrogen-bond donors (Lipinski definition) is 0. The fourth-order valence-corrected chi connectivity index (χ4v) is 3.25. The minimum Gasteiger partial charge on any atom is -0.444 e. The highest BCUT2D eigenvalue weighted by Crippen LogP contribution is 2.22. The van der Waals surface area contributed by atoms with Gasteiger partial charge >= 0.3 is 6.09 Å². The molecule has 0 radical (unpaired) electrons. The van der Waals surface area contributed by atoms with Crippen LogP contribution in [0.3, 0.4) is 0 Å². The van der Waals surface area contributed by atoms with Crippen LogP contribution in [0.5, 0.6) is 0 Å². The van der Waals surface area contributed by atoms with Crippen LogP contribution in [-0.2, 0) is 11.3 Å². The summed E-state index contributed by atoms with van der Waals surface area (Å²) in [5.41, 5.74) is 0.859. The van der Waals surface area contributed by atoms with E-state index in [1.165, 1.54) is 9.13 Å². The molecule has 2 rings (SSSR count). The summed E-state index contributed by atoms with van der Waals surface area (Å²) in [6.07, 6.45) is -0.206. The molecule has 1 aromatic carbocycles. The fraction of sp³-hybridized carbons (Fsp3) is 0.562. The number of carbonyl (C=O) groups excluding carboxylic acids is 1. The molecular weight excluding hydrogens is 459 g/mol. The van der Waals surface area contributed by atoms with Crippen LogP contribution in [0.2, 0.25) is 0 Å². The van der Waals surface area contributed by atoms with Crippen molar-refractivity contribution >= 4 is 44.6 Å². The number of ether oxygens (including phenoxy) is 1. The van der Waals surface area contributed by atoms with E-state index in [2.05, 4.69) is 61.6 Å². The number of rotatable bonds is 2. The molecule has 0 spiro atoms. The molecule has 6 heteroatoms. The van der Waals surface area contributed by atoms with Crippen LogP contribution in [0.25, 0.3) is 0 Å². The first-order valence-electron chi connectivity index (χ1n) is 7.39. The lowest BCUT2D eigenvalue weighted by atomic mass is 10.2. The van der Waals surface area contributed by atoms with E-state index >= 15 is 0 Å². The van der Waals surface area contributed by atoms with Gasteiger partial charge in [0.2, 0.25) is 0 Å². The number of halogens is 2. The first-order chi connectivity index (χ1) is 10.2.